The number of hydrogen-bond acceptors (Lipinski definition) is 7. The Bertz CT molecular complexity index is 962. The number of rotatable bonds is 3. The first-order valence-corrected chi connectivity index (χ1v) is 7.38. The lowest BCUT2D eigenvalue weighted by atomic mass is 10.2. The predicted molar refractivity (Wildman–Crippen MR) is 84.5 cm³/mol. The number of amides is 1. The van der Waals surface area contributed by atoms with Gasteiger partial charge >= 0.3 is 0 Å². The highest BCUT2D eigenvalue weighted by atomic mass is 32.1. The van der Waals surface area contributed by atoms with Crippen molar-refractivity contribution in [1.29, 1.82) is 0 Å². The minimum Gasteiger partial charge on any atom is -0.319 e. The molecule has 0 unspecified atom stereocenters. The lowest BCUT2D eigenvalue weighted by Gasteiger charge is -2.05. The van der Waals surface area contributed by atoms with Gasteiger partial charge in [0.1, 0.15) is 11.0 Å². The van der Waals surface area contributed by atoms with E-state index in [1.807, 2.05) is 0 Å². The van der Waals surface area contributed by atoms with Crippen LogP contribution in [0.1, 0.15) is 10.4 Å². The summed E-state index contributed by atoms with van der Waals surface area (Å²) in [6.07, 6.45) is 6.45. The Morgan fingerprint density at radius 2 is 1.96 bits per heavy atom. The Labute approximate surface area is 134 Å². The maximum absolute atomic E-state index is 12.3. The highest BCUT2D eigenvalue weighted by Gasteiger charge is 2.09. The second-order valence-electron chi connectivity index (χ2n) is 4.64. The van der Waals surface area contributed by atoms with Gasteiger partial charge in [0.05, 0.1) is 29.8 Å². The first kappa shape index (κ1) is 13.5. The van der Waals surface area contributed by atoms with Gasteiger partial charge in [0.15, 0.2) is 0 Å². The zero-order valence-electron chi connectivity index (χ0n) is 11.6. The summed E-state index contributed by atoms with van der Waals surface area (Å²) in [5.74, 6) is 0.179. The third kappa shape index (κ3) is 2.64. The SMILES string of the molecule is O=C(Nc1cnc(-n2cccn2)nc1)c1ccc2nsnc2c1. The highest BCUT2D eigenvalue weighted by Crippen LogP contribution is 2.15. The van der Waals surface area contributed by atoms with Crippen molar-refractivity contribution in [1.82, 2.24) is 28.5 Å². The number of nitrogens with zero attached hydrogens (tertiary/aromatic N) is 6. The number of carbonyl (C=O) groups excluding carboxylic acids is 1. The van der Waals surface area contributed by atoms with Crippen LogP contribution in [0.5, 0.6) is 0 Å². The van der Waals surface area contributed by atoms with Crippen LogP contribution in [0, 0.1) is 0 Å². The Balaban J connectivity index is 1.53. The molecule has 9 heteroatoms. The van der Waals surface area contributed by atoms with Crippen molar-refractivity contribution in [3.05, 3.63) is 54.6 Å². The van der Waals surface area contributed by atoms with Crippen molar-refractivity contribution in [2.45, 2.75) is 0 Å². The molecule has 1 amide bonds. The fourth-order valence-electron chi connectivity index (χ4n) is 2.02. The average Bonchev–Trinajstić information content (AvgIpc) is 3.26. The summed E-state index contributed by atoms with van der Waals surface area (Å²) in [6, 6.07) is 6.96. The summed E-state index contributed by atoms with van der Waals surface area (Å²) in [5, 5.41) is 6.79. The van der Waals surface area contributed by atoms with Crippen molar-refractivity contribution in [3.8, 4) is 5.95 Å². The third-order valence-corrected chi connectivity index (χ3v) is 3.68. The van der Waals surface area contributed by atoms with Crippen molar-refractivity contribution in [2.24, 2.45) is 0 Å². The van der Waals surface area contributed by atoms with Gasteiger partial charge in [-0.3, -0.25) is 4.79 Å². The van der Waals surface area contributed by atoms with Crippen molar-refractivity contribution >= 4 is 34.4 Å². The molecule has 4 aromatic rings. The summed E-state index contributed by atoms with van der Waals surface area (Å²) in [7, 11) is 0. The standard InChI is InChI=1S/C14H9N7OS/c22-13(9-2-3-11-12(6-9)20-23-19-11)18-10-7-15-14(16-8-10)21-5-1-4-17-21/h1-8H,(H,18,22). The molecule has 0 saturated carbocycles. The largest absolute Gasteiger partial charge is 0.319 e. The average molecular weight is 323 g/mol. The van der Waals surface area contributed by atoms with E-state index in [0.29, 0.717) is 22.7 Å². The number of aromatic nitrogens is 6. The van der Waals surface area contributed by atoms with E-state index in [-0.39, 0.29) is 5.91 Å². The molecule has 0 aliphatic carbocycles. The number of hydrogen-bond donors (Lipinski definition) is 1. The number of anilines is 1. The Kier molecular flexibility index (Phi) is 3.24. The molecule has 0 spiro atoms. The fourth-order valence-corrected chi connectivity index (χ4v) is 2.54. The summed E-state index contributed by atoms with van der Waals surface area (Å²) < 4.78 is 9.77. The molecular weight excluding hydrogens is 314 g/mol. The zero-order valence-corrected chi connectivity index (χ0v) is 12.4. The second-order valence-corrected chi connectivity index (χ2v) is 5.17. The van der Waals surface area contributed by atoms with Crippen molar-refractivity contribution in [3.63, 3.8) is 0 Å². The fraction of sp³-hybridized carbons (Fsp3) is 0. The molecule has 8 nitrogen and oxygen atoms in total. The molecule has 0 fully saturated rings. The van der Waals surface area contributed by atoms with Gasteiger partial charge < -0.3 is 5.32 Å². The molecule has 4 rings (SSSR count). The van der Waals surface area contributed by atoms with Crippen LogP contribution in [-0.4, -0.2) is 34.4 Å². The summed E-state index contributed by atoms with van der Waals surface area (Å²) >= 11 is 1.12. The van der Waals surface area contributed by atoms with Crippen LogP contribution in [0.15, 0.2) is 49.1 Å². The van der Waals surface area contributed by atoms with Crippen LogP contribution in [0.25, 0.3) is 17.0 Å². The van der Waals surface area contributed by atoms with Gasteiger partial charge in [0.25, 0.3) is 11.9 Å². The van der Waals surface area contributed by atoms with Gasteiger partial charge in [0, 0.05) is 18.0 Å². The Morgan fingerprint density at radius 3 is 2.74 bits per heavy atom. The lowest BCUT2D eigenvalue weighted by Crippen LogP contribution is -2.13. The van der Waals surface area contributed by atoms with E-state index in [9.17, 15) is 4.79 Å². The van der Waals surface area contributed by atoms with Crippen LogP contribution in [0.3, 0.4) is 0 Å². The second kappa shape index (κ2) is 5.54. The minimum atomic E-state index is -0.254. The maximum Gasteiger partial charge on any atom is 0.255 e. The first-order valence-electron chi connectivity index (χ1n) is 6.65. The van der Waals surface area contributed by atoms with Gasteiger partial charge in [-0.2, -0.15) is 13.8 Å². The third-order valence-electron chi connectivity index (χ3n) is 3.12. The molecule has 3 heterocycles. The molecule has 3 aromatic heterocycles. The van der Waals surface area contributed by atoms with E-state index in [0.717, 1.165) is 17.2 Å². The predicted octanol–water partition coefficient (Wildman–Crippen LogP) is 1.92. The first-order chi connectivity index (χ1) is 11.3. The van der Waals surface area contributed by atoms with Crippen LogP contribution < -0.4 is 5.32 Å². The van der Waals surface area contributed by atoms with Gasteiger partial charge in [-0.15, -0.1) is 0 Å². The number of fused-ring (bicyclic) bond motifs is 1. The van der Waals surface area contributed by atoms with Gasteiger partial charge in [-0.25, -0.2) is 14.6 Å². The minimum absolute atomic E-state index is 0.254. The van der Waals surface area contributed by atoms with E-state index in [4.69, 9.17) is 0 Å². The molecule has 0 aliphatic rings. The Hall–Kier alpha value is -3.20. The lowest BCUT2D eigenvalue weighted by molar-refractivity contribution is 0.102. The molecule has 0 atom stereocenters. The van der Waals surface area contributed by atoms with Gasteiger partial charge in [-0.1, -0.05) is 0 Å². The molecule has 1 aromatic carbocycles. The molecule has 112 valence electrons. The van der Waals surface area contributed by atoms with Crippen LogP contribution in [-0.2, 0) is 0 Å². The van der Waals surface area contributed by atoms with E-state index in [2.05, 4.69) is 29.1 Å². The summed E-state index contributed by atoms with van der Waals surface area (Å²) in [4.78, 5) is 20.6. The molecule has 1 N–H and O–H groups in total. The molecule has 0 radical (unpaired) electrons. The smallest absolute Gasteiger partial charge is 0.255 e. The molecule has 0 saturated heterocycles. The van der Waals surface area contributed by atoms with Crippen molar-refractivity contribution in [2.75, 3.05) is 5.32 Å². The van der Waals surface area contributed by atoms with Crippen molar-refractivity contribution < 1.29 is 4.79 Å². The summed E-state index contributed by atoms with van der Waals surface area (Å²) in [5.41, 5.74) is 2.48. The molecule has 0 bridgehead atoms. The topological polar surface area (TPSA) is 98.5 Å². The number of carbonyl (C=O) groups is 1. The van der Waals surface area contributed by atoms with Crippen LogP contribution in [0.2, 0.25) is 0 Å². The number of nitrogens with one attached hydrogen (secondary N) is 1. The molecular formula is C14H9N7OS. The van der Waals surface area contributed by atoms with Crippen LogP contribution in [0.4, 0.5) is 5.69 Å². The van der Waals surface area contributed by atoms with Crippen LogP contribution >= 0.6 is 11.7 Å². The molecule has 0 aliphatic heterocycles. The highest BCUT2D eigenvalue weighted by molar-refractivity contribution is 7.00. The quantitative estimate of drug-likeness (QED) is 0.618. The maximum atomic E-state index is 12.3. The van der Waals surface area contributed by atoms with E-state index < -0.39 is 0 Å². The zero-order chi connectivity index (χ0) is 15.6. The molecule has 23 heavy (non-hydrogen) atoms. The monoisotopic (exact) mass is 323 g/mol. The van der Waals surface area contributed by atoms with E-state index in [1.54, 1.807) is 36.7 Å². The van der Waals surface area contributed by atoms with Gasteiger partial charge in [0.2, 0.25) is 0 Å². The normalized spacial score (nSPS) is 10.8. The Morgan fingerprint density at radius 1 is 1.13 bits per heavy atom. The number of benzene rings is 1. The van der Waals surface area contributed by atoms with E-state index >= 15 is 0 Å². The van der Waals surface area contributed by atoms with E-state index in [1.165, 1.54) is 17.1 Å². The van der Waals surface area contributed by atoms with Gasteiger partial charge in [-0.05, 0) is 24.3 Å². The summed E-state index contributed by atoms with van der Waals surface area (Å²) in [6.45, 7) is 0.